The number of rotatable bonds is 4. The molecule has 2 nitrogen and oxygen atoms in total. The summed E-state index contributed by atoms with van der Waals surface area (Å²) in [5.41, 5.74) is 6.55. The third kappa shape index (κ3) is 3.38. The topological polar surface area (TPSA) is 22.1 Å². The summed E-state index contributed by atoms with van der Waals surface area (Å²) in [7, 11) is 1.69. The van der Waals surface area contributed by atoms with Crippen LogP contribution in [0.15, 0.2) is 60.8 Å². The Morgan fingerprint density at radius 3 is 2.52 bits per heavy atom. The van der Waals surface area contributed by atoms with Crippen molar-refractivity contribution in [1.29, 1.82) is 0 Å². The zero-order valence-electron chi connectivity index (χ0n) is 13.2. The van der Waals surface area contributed by atoms with Crippen molar-refractivity contribution in [2.75, 3.05) is 7.11 Å². The SMILES string of the molecule is COc1ccc(-c2cccc(C)c2)cc1-c1ccnc(CCl)c1. The minimum Gasteiger partial charge on any atom is -0.496 e. The number of aryl methyl sites for hydroxylation is 1. The van der Waals surface area contributed by atoms with E-state index in [4.69, 9.17) is 16.3 Å². The smallest absolute Gasteiger partial charge is 0.126 e. The number of hydrogen-bond donors (Lipinski definition) is 0. The first-order valence-corrected chi connectivity index (χ1v) is 8.01. The summed E-state index contributed by atoms with van der Waals surface area (Å²) in [6.45, 7) is 2.10. The fraction of sp³-hybridized carbons (Fsp3) is 0.150. The molecule has 0 aliphatic heterocycles. The summed E-state index contributed by atoms with van der Waals surface area (Å²) >= 11 is 5.91. The quantitative estimate of drug-likeness (QED) is 0.594. The van der Waals surface area contributed by atoms with Gasteiger partial charge in [-0.1, -0.05) is 35.9 Å². The summed E-state index contributed by atoms with van der Waals surface area (Å²) in [6.07, 6.45) is 1.78. The lowest BCUT2D eigenvalue weighted by molar-refractivity contribution is 0.416. The second-order valence-corrected chi connectivity index (χ2v) is 5.72. The molecule has 0 aliphatic carbocycles. The molecule has 0 saturated heterocycles. The second kappa shape index (κ2) is 6.84. The molecule has 0 atom stereocenters. The Kier molecular flexibility index (Phi) is 4.63. The first-order chi connectivity index (χ1) is 11.2. The molecule has 1 heterocycles. The van der Waals surface area contributed by atoms with Gasteiger partial charge in [-0.25, -0.2) is 0 Å². The summed E-state index contributed by atoms with van der Waals surface area (Å²) in [5.74, 6) is 1.24. The largest absolute Gasteiger partial charge is 0.496 e. The minimum absolute atomic E-state index is 0.397. The van der Waals surface area contributed by atoms with Gasteiger partial charge in [0, 0.05) is 11.8 Å². The fourth-order valence-corrected chi connectivity index (χ4v) is 2.80. The van der Waals surface area contributed by atoms with Gasteiger partial charge in [0.1, 0.15) is 5.75 Å². The summed E-state index contributed by atoms with van der Waals surface area (Å²) in [5, 5.41) is 0. The van der Waals surface area contributed by atoms with Crippen LogP contribution in [0.25, 0.3) is 22.3 Å². The van der Waals surface area contributed by atoms with E-state index in [1.165, 1.54) is 11.1 Å². The van der Waals surface area contributed by atoms with E-state index in [9.17, 15) is 0 Å². The molecule has 0 bridgehead atoms. The van der Waals surface area contributed by atoms with E-state index in [1.54, 1.807) is 13.3 Å². The van der Waals surface area contributed by atoms with Gasteiger partial charge in [0.25, 0.3) is 0 Å². The molecule has 0 aliphatic rings. The van der Waals surface area contributed by atoms with E-state index in [0.29, 0.717) is 5.88 Å². The number of hydrogen-bond acceptors (Lipinski definition) is 2. The molecule has 1 aromatic heterocycles. The van der Waals surface area contributed by atoms with Crippen molar-refractivity contribution >= 4 is 11.6 Å². The molecule has 0 N–H and O–H groups in total. The van der Waals surface area contributed by atoms with Crippen molar-refractivity contribution in [2.45, 2.75) is 12.8 Å². The molecule has 0 unspecified atom stereocenters. The highest BCUT2D eigenvalue weighted by molar-refractivity contribution is 6.16. The van der Waals surface area contributed by atoms with Crippen LogP contribution in [-0.2, 0) is 5.88 Å². The highest BCUT2D eigenvalue weighted by atomic mass is 35.5. The first-order valence-electron chi connectivity index (χ1n) is 7.47. The third-order valence-corrected chi connectivity index (χ3v) is 4.09. The van der Waals surface area contributed by atoms with Crippen LogP contribution in [0.2, 0.25) is 0 Å². The van der Waals surface area contributed by atoms with Gasteiger partial charge in [-0.05, 0) is 47.9 Å². The van der Waals surface area contributed by atoms with Gasteiger partial charge < -0.3 is 4.74 Å². The van der Waals surface area contributed by atoms with Crippen molar-refractivity contribution < 1.29 is 4.74 Å². The Bertz CT molecular complexity index is 829. The van der Waals surface area contributed by atoms with Crippen LogP contribution >= 0.6 is 11.6 Å². The lowest BCUT2D eigenvalue weighted by Crippen LogP contribution is -1.91. The highest BCUT2D eigenvalue weighted by Gasteiger charge is 2.09. The van der Waals surface area contributed by atoms with Crippen molar-refractivity contribution in [2.24, 2.45) is 0 Å². The maximum atomic E-state index is 5.91. The maximum absolute atomic E-state index is 5.91. The van der Waals surface area contributed by atoms with Crippen molar-refractivity contribution in [3.63, 3.8) is 0 Å². The zero-order chi connectivity index (χ0) is 16.2. The number of ether oxygens (including phenoxy) is 1. The predicted molar refractivity (Wildman–Crippen MR) is 96.0 cm³/mol. The van der Waals surface area contributed by atoms with E-state index in [1.807, 2.05) is 18.2 Å². The number of nitrogens with zero attached hydrogens (tertiary/aromatic N) is 1. The van der Waals surface area contributed by atoms with Gasteiger partial charge in [0.15, 0.2) is 0 Å². The normalized spacial score (nSPS) is 10.6. The van der Waals surface area contributed by atoms with E-state index >= 15 is 0 Å². The standard InChI is InChI=1S/C20H18ClNO/c1-14-4-3-5-15(10-14)16-6-7-20(23-2)19(12-16)17-8-9-22-18(11-17)13-21/h3-12H,13H2,1-2H3. The summed E-state index contributed by atoms with van der Waals surface area (Å²) in [6, 6.07) is 18.7. The Labute approximate surface area is 141 Å². The van der Waals surface area contributed by atoms with Crippen LogP contribution in [0.4, 0.5) is 0 Å². The number of alkyl halides is 1. The predicted octanol–water partition coefficient (Wildman–Crippen LogP) is 5.47. The number of halogens is 1. The average molecular weight is 324 g/mol. The van der Waals surface area contributed by atoms with E-state index in [-0.39, 0.29) is 0 Å². The Morgan fingerprint density at radius 2 is 1.78 bits per heavy atom. The van der Waals surface area contributed by atoms with Crippen molar-refractivity contribution in [3.8, 4) is 28.0 Å². The molecule has 116 valence electrons. The Morgan fingerprint density at radius 1 is 0.957 bits per heavy atom. The zero-order valence-corrected chi connectivity index (χ0v) is 14.0. The fourth-order valence-electron chi connectivity index (χ4n) is 2.66. The van der Waals surface area contributed by atoms with Gasteiger partial charge >= 0.3 is 0 Å². The van der Waals surface area contributed by atoms with Gasteiger partial charge in [-0.2, -0.15) is 0 Å². The first kappa shape index (κ1) is 15.6. The van der Waals surface area contributed by atoms with Crippen molar-refractivity contribution in [1.82, 2.24) is 4.98 Å². The van der Waals surface area contributed by atoms with E-state index in [0.717, 1.165) is 28.1 Å². The maximum Gasteiger partial charge on any atom is 0.126 e. The van der Waals surface area contributed by atoms with Crippen LogP contribution < -0.4 is 4.74 Å². The molecule has 0 spiro atoms. The monoisotopic (exact) mass is 323 g/mol. The average Bonchev–Trinajstić information content (AvgIpc) is 2.61. The minimum atomic E-state index is 0.397. The molecule has 0 saturated carbocycles. The Hall–Kier alpha value is -2.32. The van der Waals surface area contributed by atoms with Crippen LogP contribution in [0, 0.1) is 6.92 Å². The molecule has 3 aromatic rings. The van der Waals surface area contributed by atoms with Crippen LogP contribution in [0.5, 0.6) is 5.75 Å². The van der Waals surface area contributed by atoms with Crippen LogP contribution in [0.1, 0.15) is 11.3 Å². The molecular weight excluding hydrogens is 306 g/mol. The number of aromatic nitrogens is 1. The molecule has 3 heteroatoms. The van der Waals surface area contributed by atoms with Crippen LogP contribution in [0.3, 0.4) is 0 Å². The van der Waals surface area contributed by atoms with Gasteiger partial charge in [-0.15, -0.1) is 11.6 Å². The van der Waals surface area contributed by atoms with Gasteiger partial charge in [0.05, 0.1) is 18.7 Å². The lowest BCUT2D eigenvalue weighted by atomic mass is 9.97. The highest BCUT2D eigenvalue weighted by Crippen LogP contribution is 2.34. The second-order valence-electron chi connectivity index (χ2n) is 5.45. The Balaban J connectivity index is 2.13. The summed E-state index contributed by atoms with van der Waals surface area (Å²) < 4.78 is 5.53. The summed E-state index contributed by atoms with van der Waals surface area (Å²) in [4.78, 5) is 4.26. The molecule has 0 radical (unpaired) electrons. The number of benzene rings is 2. The molecule has 2 aromatic carbocycles. The lowest BCUT2D eigenvalue weighted by Gasteiger charge is -2.12. The van der Waals surface area contributed by atoms with Gasteiger partial charge in [0.2, 0.25) is 0 Å². The van der Waals surface area contributed by atoms with Crippen molar-refractivity contribution in [3.05, 3.63) is 72.1 Å². The van der Waals surface area contributed by atoms with Crippen LogP contribution in [-0.4, -0.2) is 12.1 Å². The molecule has 0 amide bonds. The van der Waals surface area contributed by atoms with Gasteiger partial charge in [-0.3, -0.25) is 4.98 Å². The third-order valence-electron chi connectivity index (χ3n) is 3.82. The number of pyridine rings is 1. The number of methoxy groups -OCH3 is 1. The molecule has 3 rings (SSSR count). The van der Waals surface area contributed by atoms with E-state index < -0.39 is 0 Å². The van der Waals surface area contributed by atoms with E-state index in [2.05, 4.69) is 48.3 Å². The molecule has 23 heavy (non-hydrogen) atoms. The molecule has 0 fully saturated rings. The molecular formula is C20H18ClNO.